The zero-order valence-corrected chi connectivity index (χ0v) is 16.2. The summed E-state index contributed by atoms with van der Waals surface area (Å²) < 4.78 is 11.3. The highest BCUT2D eigenvalue weighted by Gasteiger charge is 2.33. The quantitative estimate of drug-likeness (QED) is 0.396. The minimum Gasteiger partial charge on any atom is -0.490 e. The Kier molecular flexibility index (Phi) is 7.07. The van der Waals surface area contributed by atoms with Crippen molar-refractivity contribution in [2.45, 2.75) is 6.92 Å². The highest BCUT2D eigenvalue weighted by atomic mass is 35.5. The fraction of sp³-hybridized carbons (Fsp3) is 0.235. The molecular weight excluding hydrogens is 398 g/mol. The van der Waals surface area contributed by atoms with E-state index in [0.717, 1.165) is 16.7 Å². The summed E-state index contributed by atoms with van der Waals surface area (Å²) in [4.78, 5) is 24.6. The van der Waals surface area contributed by atoms with Crippen molar-refractivity contribution in [2.24, 2.45) is 0 Å². The Labute approximate surface area is 165 Å². The first-order chi connectivity index (χ1) is 12.4. The van der Waals surface area contributed by atoms with Crippen LogP contribution < -0.4 is 9.47 Å². The molecule has 0 radical (unpaired) electrons. The molecule has 0 atom stereocenters. The van der Waals surface area contributed by atoms with E-state index in [4.69, 9.17) is 38.4 Å². The maximum absolute atomic E-state index is 12.3. The number of carbonyl (C=O) groups is 2. The fourth-order valence-electron chi connectivity index (χ4n) is 2.14. The minimum absolute atomic E-state index is 0.200. The van der Waals surface area contributed by atoms with Crippen LogP contribution in [-0.2, 0) is 9.59 Å². The average molecular weight is 414 g/mol. The number of rotatable bonds is 8. The number of hydrogen-bond acceptors (Lipinski definition) is 6. The Morgan fingerprint density at radius 3 is 2.81 bits per heavy atom. The maximum atomic E-state index is 12.3. The molecule has 0 saturated carbocycles. The van der Waals surface area contributed by atoms with Crippen LogP contribution in [0, 0.1) is 0 Å². The van der Waals surface area contributed by atoms with Crippen LogP contribution in [0.5, 0.6) is 11.5 Å². The normalized spacial score (nSPS) is 15.5. The molecule has 26 heavy (non-hydrogen) atoms. The molecule has 1 N–H and O–H groups in total. The molecule has 0 spiro atoms. The van der Waals surface area contributed by atoms with Gasteiger partial charge >= 0.3 is 5.97 Å². The van der Waals surface area contributed by atoms with Gasteiger partial charge in [-0.05, 0) is 30.7 Å². The van der Waals surface area contributed by atoms with Crippen LogP contribution in [0.15, 0.2) is 29.7 Å². The molecule has 138 valence electrons. The summed E-state index contributed by atoms with van der Waals surface area (Å²) in [6.07, 6.45) is 3.18. The van der Waals surface area contributed by atoms with Gasteiger partial charge < -0.3 is 14.6 Å². The predicted octanol–water partition coefficient (Wildman–Crippen LogP) is 3.59. The summed E-state index contributed by atoms with van der Waals surface area (Å²) in [5, 5.41) is 9.21. The van der Waals surface area contributed by atoms with Gasteiger partial charge in [-0.15, -0.1) is 0 Å². The van der Waals surface area contributed by atoms with Crippen LogP contribution in [0.4, 0.5) is 0 Å². The summed E-state index contributed by atoms with van der Waals surface area (Å²) in [6.45, 7) is 5.63. The Morgan fingerprint density at radius 1 is 1.46 bits per heavy atom. The molecule has 1 amide bonds. The number of carboxylic acids is 1. The first-order valence-corrected chi connectivity index (χ1v) is 9.14. The number of amides is 1. The predicted molar refractivity (Wildman–Crippen MR) is 106 cm³/mol. The molecule has 1 aromatic rings. The van der Waals surface area contributed by atoms with Crippen molar-refractivity contribution in [3.63, 3.8) is 0 Å². The van der Waals surface area contributed by atoms with E-state index in [-0.39, 0.29) is 10.9 Å². The van der Waals surface area contributed by atoms with Crippen LogP contribution in [-0.4, -0.2) is 46.0 Å². The molecule has 0 aliphatic carbocycles. The van der Waals surface area contributed by atoms with E-state index in [0.29, 0.717) is 33.6 Å². The lowest BCUT2D eigenvalue weighted by atomic mass is 10.1. The van der Waals surface area contributed by atoms with Crippen molar-refractivity contribution in [3.05, 3.63) is 40.3 Å². The van der Waals surface area contributed by atoms with Gasteiger partial charge in [0.2, 0.25) is 0 Å². The molecule has 1 aliphatic rings. The molecule has 0 unspecified atom stereocenters. The molecule has 1 aliphatic heterocycles. The smallest absolute Gasteiger partial charge is 0.323 e. The van der Waals surface area contributed by atoms with Gasteiger partial charge in [-0.3, -0.25) is 14.5 Å². The van der Waals surface area contributed by atoms with Gasteiger partial charge in [0.15, 0.2) is 11.5 Å². The summed E-state index contributed by atoms with van der Waals surface area (Å²) in [6, 6.07) is 3.32. The number of thioether (sulfide) groups is 1. The van der Waals surface area contributed by atoms with E-state index in [9.17, 15) is 9.59 Å². The average Bonchev–Trinajstić information content (AvgIpc) is 2.81. The van der Waals surface area contributed by atoms with E-state index >= 15 is 0 Å². The maximum Gasteiger partial charge on any atom is 0.323 e. The summed E-state index contributed by atoms with van der Waals surface area (Å²) in [7, 11) is 0. The molecule has 2 rings (SSSR count). The molecule has 1 aromatic carbocycles. The van der Waals surface area contributed by atoms with Gasteiger partial charge in [-0.25, -0.2) is 0 Å². The fourth-order valence-corrected chi connectivity index (χ4v) is 3.67. The number of carboxylic acid groups (broad SMARTS) is 1. The Bertz CT molecular complexity index is 794. The van der Waals surface area contributed by atoms with Crippen LogP contribution in [0.25, 0.3) is 6.08 Å². The zero-order chi connectivity index (χ0) is 19.3. The van der Waals surface area contributed by atoms with E-state index in [2.05, 4.69) is 6.58 Å². The van der Waals surface area contributed by atoms with E-state index in [1.165, 1.54) is 0 Å². The van der Waals surface area contributed by atoms with Crippen molar-refractivity contribution in [3.8, 4) is 11.5 Å². The van der Waals surface area contributed by atoms with Crippen LogP contribution in [0.3, 0.4) is 0 Å². The second-order valence-corrected chi connectivity index (χ2v) is 7.11. The van der Waals surface area contributed by atoms with Crippen LogP contribution in [0.1, 0.15) is 12.5 Å². The highest BCUT2D eigenvalue weighted by Crippen LogP contribution is 2.39. The number of aliphatic carboxylic acids is 1. The first kappa shape index (κ1) is 20.3. The Hall–Kier alpha value is -2.03. The molecule has 1 heterocycles. The Morgan fingerprint density at radius 2 is 2.19 bits per heavy atom. The third kappa shape index (κ3) is 4.78. The highest BCUT2D eigenvalue weighted by molar-refractivity contribution is 8.26. The largest absolute Gasteiger partial charge is 0.490 e. The van der Waals surface area contributed by atoms with Gasteiger partial charge in [-0.2, -0.15) is 0 Å². The van der Waals surface area contributed by atoms with Gasteiger partial charge in [0.1, 0.15) is 17.5 Å². The van der Waals surface area contributed by atoms with Crippen molar-refractivity contribution < 1.29 is 24.2 Å². The number of halogens is 1. The van der Waals surface area contributed by atoms with Gasteiger partial charge in [-0.1, -0.05) is 48.2 Å². The summed E-state index contributed by atoms with van der Waals surface area (Å²) >= 11 is 12.4. The SMILES string of the molecule is C=CCOc1c(Cl)cc(/C=C2\SC(=S)N(CC(=O)O)C2=O)cc1OCC. The third-order valence-electron chi connectivity index (χ3n) is 3.14. The molecule has 1 fully saturated rings. The minimum atomic E-state index is -1.13. The van der Waals surface area contributed by atoms with Gasteiger partial charge in [0, 0.05) is 0 Å². The molecule has 0 aromatic heterocycles. The summed E-state index contributed by atoms with van der Waals surface area (Å²) in [5.41, 5.74) is 0.611. The first-order valence-electron chi connectivity index (χ1n) is 7.54. The van der Waals surface area contributed by atoms with E-state index in [1.807, 2.05) is 6.92 Å². The monoisotopic (exact) mass is 413 g/mol. The van der Waals surface area contributed by atoms with Crippen molar-refractivity contribution in [2.75, 3.05) is 19.8 Å². The third-order valence-corrected chi connectivity index (χ3v) is 4.80. The van der Waals surface area contributed by atoms with E-state index in [1.54, 1.807) is 24.3 Å². The topological polar surface area (TPSA) is 76.1 Å². The number of carbonyl (C=O) groups excluding carboxylic acids is 1. The molecule has 0 bridgehead atoms. The lowest BCUT2D eigenvalue weighted by Crippen LogP contribution is -2.33. The van der Waals surface area contributed by atoms with Gasteiger partial charge in [0.05, 0.1) is 16.5 Å². The molecular formula is C17H16ClNO5S2. The molecule has 9 heteroatoms. The number of nitrogens with zero attached hydrogens (tertiary/aromatic N) is 1. The number of thiocarbonyl (C=S) groups is 1. The van der Waals surface area contributed by atoms with Crippen molar-refractivity contribution in [1.29, 1.82) is 0 Å². The Balaban J connectivity index is 2.35. The zero-order valence-electron chi connectivity index (χ0n) is 13.9. The summed E-state index contributed by atoms with van der Waals surface area (Å²) in [5.74, 6) is -0.755. The van der Waals surface area contributed by atoms with Crippen molar-refractivity contribution in [1.82, 2.24) is 4.90 Å². The van der Waals surface area contributed by atoms with Crippen molar-refractivity contribution >= 4 is 57.9 Å². The number of ether oxygens (including phenoxy) is 2. The number of benzene rings is 1. The lowest BCUT2D eigenvalue weighted by molar-refractivity contribution is -0.140. The molecule has 1 saturated heterocycles. The second-order valence-electron chi connectivity index (χ2n) is 5.02. The number of hydrogen-bond donors (Lipinski definition) is 1. The van der Waals surface area contributed by atoms with Crippen LogP contribution in [0.2, 0.25) is 5.02 Å². The second kappa shape index (κ2) is 9.07. The standard InChI is InChI=1S/C17H16ClNO5S2/c1-3-5-24-15-11(18)6-10(7-12(15)23-4-2)8-13-16(22)19(9-14(20)21)17(25)26-13/h3,6-8H,1,4-5,9H2,2H3,(H,20,21)/b13-8-. The van der Waals surface area contributed by atoms with Crippen LogP contribution >= 0.6 is 35.6 Å². The van der Waals surface area contributed by atoms with Gasteiger partial charge in [0.25, 0.3) is 5.91 Å². The lowest BCUT2D eigenvalue weighted by Gasteiger charge is -2.13. The molecule has 6 nitrogen and oxygen atoms in total. The van der Waals surface area contributed by atoms with E-state index < -0.39 is 18.4 Å².